The lowest BCUT2D eigenvalue weighted by Crippen LogP contribution is -2.24. The third-order valence-corrected chi connectivity index (χ3v) is 3.83. The minimum absolute atomic E-state index is 0.229. The minimum atomic E-state index is -0.739. The van der Waals surface area contributed by atoms with E-state index in [1.807, 2.05) is 24.3 Å². The van der Waals surface area contributed by atoms with Gasteiger partial charge in [0.25, 0.3) is 5.56 Å². The topological polar surface area (TPSA) is 78.0 Å². The summed E-state index contributed by atoms with van der Waals surface area (Å²) in [5, 5.41) is 0.921. The summed E-state index contributed by atoms with van der Waals surface area (Å²) in [5.74, 6) is -0.611. The van der Waals surface area contributed by atoms with Crippen molar-refractivity contribution in [1.82, 2.24) is 9.55 Å². The number of pyridine rings is 2. The summed E-state index contributed by atoms with van der Waals surface area (Å²) in [5.41, 5.74) is 5.99. The average Bonchev–Trinajstić information content (AvgIpc) is 2.54. The molecular weight excluding hydrogens is 302 g/mol. The van der Waals surface area contributed by atoms with Crippen LogP contribution >= 0.6 is 11.6 Å². The number of hydrogen-bond donors (Lipinski definition) is 1. The number of carbonyl (C=O) groups is 1. The van der Waals surface area contributed by atoms with Crippen LogP contribution < -0.4 is 11.3 Å². The third-order valence-electron chi connectivity index (χ3n) is 3.37. The zero-order valence-corrected chi connectivity index (χ0v) is 12.2. The number of primary amides is 1. The number of benzene rings is 1. The van der Waals surface area contributed by atoms with Gasteiger partial charge in [-0.15, -0.1) is 0 Å². The number of aromatic nitrogens is 2. The molecule has 22 heavy (non-hydrogen) atoms. The SMILES string of the molecule is NC(=O)c1ccc(=O)n(C(Cl)c2ccc3ncccc3c2)c1. The molecule has 1 atom stereocenters. The second-order valence-electron chi connectivity index (χ2n) is 4.82. The highest BCUT2D eigenvalue weighted by atomic mass is 35.5. The highest BCUT2D eigenvalue weighted by Crippen LogP contribution is 2.24. The molecule has 2 aromatic heterocycles. The maximum atomic E-state index is 12.0. The number of nitrogens with two attached hydrogens (primary N) is 1. The van der Waals surface area contributed by atoms with E-state index in [0.717, 1.165) is 16.5 Å². The molecule has 1 amide bonds. The van der Waals surface area contributed by atoms with Crippen molar-refractivity contribution in [3.63, 3.8) is 0 Å². The molecule has 0 fully saturated rings. The summed E-state index contributed by atoms with van der Waals surface area (Å²) >= 11 is 6.40. The fraction of sp³-hybridized carbons (Fsp3) is 0.0625. The minimum Gasteiger partial charge on any atom is -0.366 e. The molecule has 0 radical (unpaired) electrons. The first-order valence-electron chi connectivity index (χ1n) is 6.57. The predicted molar refractivity (Wildman–Crippen MR) is 85.0 cm³/mol. The monoisotopic (exact) mass is 313 g/mol. The summed E-state index contributed by atoms with van der Waals surface area (Å²) in [6.45, 7) is 0. The highest BCUT2D eigenvalue weighted by Gasteiger charge is 2.14. The van der Waals surface area contributed by atoms with Crippen LogP contribution in [0.1, 0.15) is 21.4 Å². The van der Waals surface area contributed by atoms with Gasteiger partial charge in [0.1, 0.15) is 5.50 Å². The van der Waals surface area contributed by atoms with Crippen molar-refractivity contribution in [3.05, 3.63) is 76.3 Å². The van der Waals surface area contributed by atoms with E-state index < -0.39 is 11.4 Å². The van der Waals surface area contributed by atoms with E-state index in [0.29, 0.717) is 0 Å². The van der Waals surface area contributed by atoms with Gasteiger partial charge >= 0.3 is 0 Å². The molecule has 6 heteroatoms. The van der Waals surface area contributed by atoms with Crippen LogP contribution in [0, 0.1) is 0 Å². The van der Waals surface area contributed by atoms with Gasteiger partial charge in [0.05, 0.1) is 11.1 Å². The summed E-state index contributed by atoms with van der Waals surface area (Å²) in [7, 11) is 0. The van der Waals surface area contributed by atoms with Gasteiger partial charge in [-0.1, -0.05) is 23.7 Å². The standard InChI is InChI=1S/C16H12ClN3O2/c17-15(20-9-12(16(18)22)4-6-14(20)21)11-3-5-13-10(8-11)2-1-7-19-13/h1-9,15H,(H2,18,22). The molecular formula is C16H12ClN3O2. The average molecular weight is 314 g/mol. The molecule has 110 valence electrons. The van der Waals surface area contributed by atoms with Gasteiger partial charge in [-0.3, -0.25) is 19.1 Å². The molecule has 0 spiro atoms. The number of halogens is 1. The zero-order valence-electron chi connectivity index (χ0n) is 11.4. The molecule has 2 heterocycles. The second kappa shape index (κ2) is 5.61. The van der Waals surface area contributed by atoms with Crippen LogP contribution in [0.25, 0.3) is 10.9 Å². The van der Waals surface area contributed by atoms with Gasteiger partial charge in [0.2, 0.25) is 5.91 Å². The van der Waals surface area contributed by atoms with Crippen molar-refractivity contribution in [2.45, 2.75) is 5.50 Å². The molecule has 3 rings (SSSR count). The van der Waals surface area contributed by atoms with Gasteiger partial charge in [0, 0.05) is 23.8 Å². The van der Waals surface area contributed by atoms with E-state index in [1.54, 1.807) is 12.3 Å². The quantitative estimate of drug-likeness (QED) is 0.753. The molecule has 3 aromatic rings. The lowest BCUT2D eigenvalue weighted by Gasteiger charge is -2.14. The lowest BCUT2D eigenvalue weighted by molar-refractivity contribution is 0.0999. The Balaban J connectivity index is 2.08. The van der Waals surface area contributed by atoms with Crippen molar-refractivity contribution in [2.24, 2.45) is 5.73 Å². The molecule has 0 bridgehead atoms. The van der Waals surface area contributed by atoms with E-state index in [4.69, 9.17) is 17.3 Å². The van der Waals surface area contributed by atoms with Gasteiger partial charge in [-0.2, -0.15) is 0 Å². The molecule has 0 aliphatic heterocycles. The van der Waals surface area contributed by atoms with Crippen molar-refractivity contribution in [1.29, 1.82) is 0 Å². The van der Waals surface area contributed by atoms with Crippen LogP contribution in [0.15, 0.2) is 59.7 Å². The summed E-state index contributed by atoms with van der Waals surface area (Å²) in [6, 6.07) is 11.9. The summed E-state index contributed by atoms with van der Waals surface area (Å²) in [6.07, 6.45) is 3.08. The maximum Gasteiger partial charge on any atom is 0.252 e. The van der Waals surface area contributed by atoms with Crippen LogP contribution in [-0.4, -0.2) is 15.5 Å². The van der Waals surface area contributed by atoms with E-state index in [9.17, 15) is 9.59 Å². The van der Waals surface area contributed by atoms with E-state index >= 15 is 0 Å². The molecule has 1 unspecified atom stereocenters. The van der Waals surface area contributed by atoms with Crippen molar-refractivity contribution < 1.29 is 4.79 Å². The van der Waals surface area contributed by atoms with E-state index in [2.05, 4.69) is 4.98 Å². The second-order valence-corrected chi connectivity index (χ2v) is 5.23. The molecule has 0 aliphatic carbocycles. The molecule has 0 aliphatic rings. The van der Waals surface area contributed by atoms with E-state index in [-0.39, 0.29) is 11.1 Å². The normalized spacial score (nSPS) is 12.2. The number of amides is 1. The fourth-order valence-electron chi connectivity index (χ4n) is 2.23. The van der Waals surface area contributed by atoms with Crippen molar-refractivity contribution in [3.8, 4) is 0 Å². The Morgan fingerprint density at radius 3 is 2.82 bits per heavy atom. The first-order chi connectivity index (χ1) is 10.6. The number of fused-ring (bicyclic) bond motifs is 1. The number of nitrogens with zero attached hydrogens (tertiary/aromatic N) is 2. The largest absolute Gasteiger partial charge is 0.366 e. The number of hydrogen-bond acceptors (Lipinski definition) is 3. The first kappa shape index (κ1) is 14.3. The first-order valence-corrected chi connectivity index (χ1v) is 7.00. The summed E-state index contributed by atoms with van der Waals surface area (Å²) in [4.78, 5) is 27.5. The van der Waals surface area contributed by atoms with Gasteiger partial charge < -0.3 is 5.73 Å². The van der Waals surface area contributed by atoms with Crippen molar-refractivity contribution in [2.75, 3.05) is 0 Å². The molecule has 0 saturated carbocycles. The smallest absolute Gasteiger partial charge is 0.252 e. The van der Waals surface area contributed by atoms with Gasteiger partial charge in [0.15, 0.2) is 0 Å². The van der Waals surface area contributed by atoms with Crippen LogP contribution in [0.3, 0.4) is 0 Å². The highest BCUT2D eigenvalue weighted by molar-refractivity contribution is 6.20. The van der Waals surface area contributed by atoms with Crippen molar-refractivity contribution >= 4 is 28.4 Å². The van der Waals surface area contributed by atoms with Crippen LogP contribution in [0.5, 0.6) is 0 Å². The predicted octanol–water partition coefficient (Wildman–Crippen LogP) is 2.28. The van der Waals surface area contributed by atoms with Gasteiger partial charge in [-0.25, -0.2) is 0 Å². The van der Waals surface area contributed by atoms with Gasteiger partial charge in [-0.05, 0) is 29.8 Å². The number of rotatable bonds is 3. The van der Waals surface area contributed by atoms with Crippen LogP contribution in [0.4, 0.5) is 0 Å². The lowest BCUT2D eigenvalue weighted by atomic mass is 10.1. The maximum absolute atomic E-state index is 12.0. The Hall–Kier alpha value is -2.66. The fourth-order valence-corrected chi connectivity index (χ4v) is 2.52. The van der Waals surface area contributed by atoms with Crippen LogP contribution in [0.2, 0.25) is 0 Å². The molecule has 0 saturated heterocycles. The summed E-state index contributed by atoms with van der Waals surface area (Å²) < 4.78 is 1.28. The molecule has 1 aromatic carbocycles. The number of alkyl halides is 1. The van der Waals surface area contributed by atoms with Crippen LogP contribution in [-0.2, 0) is 0 Å². The van der Waals surface area contributed by atoms with E-state index in [1.165, 1.54) is 22.9 Å². The molecule has 2 N–H and O–H groups in total. The third kappa shape index (κ3) is 2.58. The number of carbonyl (C=O) groups excluding carboxylic acids is 1. The Morgan fingerprint density at radius 2 is 2.05 bits per heavy atom. The Kier molecular flexibility index (Phi) is 3.65. The Labute approximate surface area is 131 Å². The molecule has 5 nitrogen and oxygen atoms in total. The Morgan fingerprint density at radius 1 is 1.23 bits per heavy atom. The Bertz CT molecular complexity index is 920. The zero-order chi connectivity index (χ0) is 15.7.